The van der Waals surface area contributed by atoms with Gasteiger partial charge >= 0.3 is 0 Å². The lowest BCUT2D eigenvalue weighted by Crippen LogP contribution is -2.42. The Hall–Kier alpha value is -1.78. The zero-order valence-electron chi connectivity index (χ0n) is 20.1. The number of benzene rings is 1. The lowest BCUT2D eigenvalue weighted by molar-refractivity contribution is -0.0272. The van der Waals surface area contributed by atoms with Crippen molar-refractivity contribution in [3.05, 3.63) is 45.6 Å². The topological polar surface area (TPSA) is 50.7 Å². The fourth-order valence-corrected chi connectivity index (χ4v) is 3.87. The normalized spacial score (nSPS) is 18.7. The Kier molecular flexibility index (Phi) is 8.99. The van der Waals surface area contributed by atoms with Crippen molar-refractivity contribution in [1.29, 1.82) is 0 Å². The molecule has 168 valence electrons. The van der Waals surface area contributed by atoms with Gasteiger partial charge in [-0.25, -0.2) is 0 Å². The first-order valence-corrected chi connectivity index (χ1v) is 11.2. The summed E-state index contributed by atoms with van der Waals surface area (Å²) in [5.41, 5.74) is 6.52. The van der Waals surface area contributed by atoms with Gasteiger partial charge in [-0.15, -0.1) is 0 Å². The van der Waals surface area contributed by atoms with Crippen LogP contribution in [0.5, 0.6) is 11.5 Å². The molecule has 4 nitrogen and oxygen atoms in total. The number of phenolic OH excluding ortho intramolecular Hbond substituents is 1. The second-order valence-electron chi connectivity index (χ2n) is 9.21. The average molecular weight is 416 g/mol. The molecule has 0 aliphatic carbocycles. The molecule has 0 bridgehead atoms. The van der Waals surface area contributed by atoms with Crippen LogP contribution in [0.15, 0.2) is 23.3 Å². The largest absolute Gasteiger partial charge is 0.507 e. The van der Waals surface area contributed by atoms with Crippen LogP contribution in [0, 0.1) is 20.8 Å². The molecular formula is C26H41NO3. The van der Waals surface area contributed by atoms with Crippen LogP contribution < -0.4 is 10.1 Å². The lowest BCUT2D eigenvalue weighted by Gasteiger charge is -2.37. The van der Waals surface area contributed by atoms with Gasteiger partial charge in [0.15, 0.2) is 0 Å². The van der Waals surface area contributed by atoms with Gasteiger partial charge in [-0.2, -0.15) is 0 Å². The minimum atomic E-state index is -0.324. The summed E-state index contributed by atoms with van der Waals surface area (Å²) in [5.74, 6) is 1.34. The van der Waals surface area contributed by atoms with Gasteiger partial charge in [0.2, 0.25) is 0 Å². The first-order chi connectivity index (χ1) is 14.1. The molecule has 0 radical (unpaired) electrons. The molecule has 1 unspecified atom stereocenters. The number of hydrogen-bond acceptors (Lipinski definition) is 4. The molecule has 0 saturated carbocycles. The standard InChI is InChI=1S/C26H41NO3/c1-18(2)9-8-10-19(3)12-14-27-15-16-29-17-26(7)13-11-23-22(6)24(28)20(4)21(5)25(23)30-26/h9,12,27-28H,8,10-11,13-17H2,1-7H3. The van der Waals surface area contributed by atoms with E-state index in [1.54, 1.807) is 0 Å². The molecule has 1 heterocycles. The number of aromatic hydroxyl groups is 1. The van der Waals surface area contributed by atoms with Crippen molar-refractivity contribution in [2.75, 3.05) is 26.3 Å². The number of nitrogens with one attached hydrogen (secondary N) is 1. The molecule has 0 saturated heterocycles. The van der Waals surface area contributed by atoms with Crippen molar-refractivity contribution >= 4 is 0 Å². The lowest BCUT2D eigenvalue weighted by atomic mass is 9.87. The predicted molar refractivity (Wildman–Crippen MR) is 126 cm³/mol. The Balaban J connectivity index is 1.74. The zero-order valence-corrected chi connectivity index (χ0v) is 20.1. The molecule has 30 heavy (non-hydrogen) atoms. The molecule has 2 N–H and O–H groups in total. The molecular weight excluding hydrogens is 374 g/mol. The van der Waals surface area contributed by atoms with Crippen LogP contribution in [0.25, 0.3) is 0 Å². The second-order valence-corrected chi connectivity index (χ2v) is 9.21. The summed E-state index contributed by atoms with van der Waals surface area (Å²) in [6, 6.07) is 0. The maximum Gasteiger partial charge on any atom is 0.130 e. The minimum Gasteiger partial charge on any atom is -0.507 e. The average Bonchev–Trinajstić information content (AvgIpc) is 2.69. The molecule has 1 atom stereocenters. The molecule has 0 fully saturated rings. The minimum absolute atomic E-state index is 0.324. The Bertz CT molecular complexity index is 790. The third-order valence-electron chi connectivity index (χ3n) is 6.11. The molecule has 4 heteroatoms. The van der Waals surface area contributed by atoms with E-state index < -0.39 is 0 Å². The summed E-state index contributed by atoms with van der Waals surface area (Å²) in [4.78, 5) is 0. The number of rotatable bonds is 10. The smallest absolute Gasteiger partial charge is 0.130 e. The SMILES string of the molecule is CC(C)=CCCC(C)=CCNCCOCC1(C)CCc2c(C)c(O)c(C)c(C)c2O1. The predicted octanol–water partition coefficient (Wildman–Crippen LogP) is 5.70. The molecule has 0 aromatic heterocycles. The summed E-state index contributed by atoms with van der Waals surface area (Å²) in [6.07, 6.45) is 8.60. The number of fused-ring (bicyclic) bond motifs is 1. The van der Waals surface area contributed by atoms with Gasteiger partial charge in [-0.1, -0.05) is 23.3 Å². The summed E-state index contributed by atoms with van der Waals surface area (Å²) in [5, 5.41) is 13.7. The van der Waals surface area contributed by atoms with Gasteiger partial charge in [0.25, 0.3) is 0 Å². The van der Waals surface area contributed by atoms with Gasteiger partial charge in [0, 0.05) is 18.7 Å². The molecule has 1 aromatic carbocycles. The number of phenols is 1. The van der Waals surface area contributed by atoms with Gasteiger partial charge in [0.1, 0.15) is 17.1 Å². The Morgan fingerprint density at radius 3 is 2.57 bits per heavy atom. The first kappa shape index (κ1) is 24.5. The van der Waals surface area contributed by atoms with Crippen molar-refractivity contribution in [2.24, 2.45) is 0 Å². The van der Waals surface area contributed by atoms with Crippen molar-refractivity contribution in [3.63, 3.8) is 0 Å². The van der Waals surface area contributed by atoms with Gasteiger partial charge in [-0.3, -0.25) is 0 Å². The van der Waals surface area contributed by atoms with Crippen molar-refractivity contribution < 1.29 is 14.6 Å². The van der Waals surface area contributed by atoms with E-state index in [1.165, 1.54) is 11.1 Å². The third-order valence-corrected chi connectivity index (χ3v) is 6.11. The van der Waals surface area contributed by atoms with E-state index in [2.05, 4.69) is 45.2 Å². The molecule has 1 aromatic rings. The first-order valence-electron chi connectivity index (χ1n) is 11.2. The molecule has 0 amide bonds. The summed E-state index contributed by atoms with van der Waals surface area (Å²) in [6.45, 7) is 17.5. The fraction of sp³-hybridized carbons (Fsp3) is 0.615. The number of ether oxygens (including phenoxy) is 2. The summed E-state index contributed by atoms with van der Waals surface area (Å²) >= 11 is 0. The Labute approximate surface area is 183 Å². The molecule has 1 aliphatic rings. The number of hydrogen-bond donors (Lipinski definition) is 2. The maximum absolute atomic E-state index is 10.3. The maximum atomic E-state index is 10.3. The quantitative estimate of drug-likeness (QED) is 0.380. The van der Waals surface area contributed by atoms with Crippen LogP contribution in [0.4, 0.5) is 0 Å². The van der Waals surface area contributed by atoms with Crippen molar-refractivity contribution in [1.82, 2.24) is 5.32 Å². The second kappa shape index (κ2) is 11.0. The molecule has 0 spiro atoms. The van der Waals surface area contributed by atoms with Crippen LogP contribution in [0.3, 0.4) is 0 Å². The summed E-state index contributed by atoms with van der Waals surface area (Å²) in [7, 11) is 0. The Morgan fingerprint density at radius 1 is 1.13 bits per heavy atom. The Morgan fingerprint density at radius 2 is 1.87 bits per heavy atom. The zero-order chi connectivity index (χ0) is 22.3. The van der Waals surface area contributed by atoms with E-state index in [0.29, 0.717) is 19.0 Å². The highest BCUT2D eigenvalue weighted by molar-refractivity contribution is 5.58. The highest BCUT2D eigenvalue weighted by atomic mass is 16.5. The van der Waals surface area contributed by atoms with Crippen LogP contribution >= 0.6 is 0 Å². The van der Waals surface area contributed by atoms with Gasteiger partial charge in [0.05, 0.1) is 13.2 Å². The van der Waals surface area contributed by atoms with E-state index in [9.17, 15) is 5.11 Å². The van der Waals surface area contributed by atoms with E-state index >= 15 is 0 Å². The molecule has 2 rings (SSSR count). The highest BCUT2D eigenvalue weighted by Gasteiger charge is 2.34. The van der Waals surface area contributed by atoms with E-state index in [0.717, 1.165) is 66.8 Å². The number of allylic oxidation sites excluding steroid dienone is 3. The fourth-order valence-electron chi connectivity index (χ4n) is 3.87. The van der Waals surface area contributed by atoms with Gasteiger partial charge in [-0.05, 0) is 90.8 Å². The van der Waals surface area contributed by atoms with Crippen molar-refractivity contribution in [2.45, 2.75) is 79.8 Å². The van der Waals surface area contributed by atoms with E-state index in [4.69, 9.17) is 9.47 Å². The monoisotopic (exact) mass is 415 g/mol. The van der Waals surface area contributed by atoms with Crippen molar-refractivity contribution in [3.8, 4) is 11.5 Å². The third kappa shape index (κ3) is 6.61. The highest BCUT2D eigenvalue weighted by Crippen LogP contribution is 2.43. The van der Waals surface area contributed by atoms with Gasteiger partial charge < -0.3 is 19.9 Å². The summed E-state index contributed by atoms with van der Waals surface area (Å²) < 4.78 is 12.4. The van der Waals surface area contributed by atoms with Crippen LogP contribution in [0.1, 0.15) is 69.2 Å². The van der Waals surface area contributed by atoms with Crippen LogP contribution in [-0.2, 0) is 11.2 Å². The van der Waals surface area contributed by atoms with Crippen LogP contribution in [-0.4, -0.2) is 37.0 Å². The van der Waals surface area contributed by atoms with E-state index in [-0.39, 0.29) is 5.60 Å². The van der Waals surface area contributed by atoms with Crippen LogP contribution in [0.2, 0.25) is 0 Å². The molecule has 1 aliphatic heterocycles. The van der Waals surface area contributed by atoms with E-state index in [1.807, 2.05) is 20.8 Å².